The molecule has 2 aromatic heterocycles. The number of amides is 4. The van der Waals surface area contributed by atoms with Gasteiger partial charge in [-0.1, -0.05) is 30.3 Å². The molecule has 12 heteroatoms. The molecule has 1 aromatic carbocycles. The highest BCUT2D eigenvalue weighted by atomic mass is 16.2. The third-order valence-corrected chi connectivity index (χ3v) is 6.22. The van der Waals surface area contributed by atoms with Crippen LogP contribution >= 0.6 is 0 Å². The van der Waals surface area contributed by atoms with Crippen LogP contribution in [-0.4, -0.2) is 82.5 Å². The van der Waals surface area contributed by atoms with E-state index < -0.39 is 11.9 Å². The first-order valence-corrected chi connectivity index (χ1v) is 12.9. The van der Waals surface area contributed by atoms with Gasteiger partial charge in [0.1, 0.15) is 11.7 Å². The van der Waals surface area contributed by atoms with E-state index in [0.29, 0.717) is 37.3 Å². The average molecular weight is 533 g/mol. The van der Waals surface area contributed by atoms with Gasteiger partial charge in [0.2, 0.25) is 11.8 Å². The Morgan fingerprint density at radius 3 is 2.59 bits per heavy atom. The Balaban J connectivity index is 1.52. The van der Waals surface area contributed by atoms with Gasteiger partial charge in [-0.2, -0.15) is 5.10 Å². The molecule has 1 aliphatic heterocycles. The third kappa shape index (κ3) is 8.12. The number of hydrogen-bond donors (Lipinski definition) is 5. The summed E-state index contributed by atoms with van der Waals surface area (Å²) < 4.78 is 0. The predicted octanol–water partition coefficient (Wildman–Crippen LogP) is 0.726. The lowest BCUT2D eigenvalue weighted by Crippen LogP contribution is -2.50. The fraction of sp³-hybridized carbons (Fsp3) is 0.333. The minimum atomic E-state index is -0.861. The van der Waals surface area contributed by atoms with E-state index in [1.54, 1.807) is 17.0 Å². The molecule has 3 heterocycles. The fourth-order valence-corrected chi connectivity index (χ4v) is 4.19. The monoisotopic (exact) mass is 532 g/mol. The number of fused-ring (bicyclic) bond motifs is 2. The molecule has 0 saturated heterocycles. The number of hydrogen-bond acceptors (Lipinski definition) is 7. The fourth-order valence-electron chi connectivity index (χ4n) is 4.19. The van der Waals surface area contributed by atoms with Crippen molar-refractivity contribution in [3.63, 3.8) is 0 Å². The van der Waals surface area contributed by atoms with Crippen molar-refractivity contribution in [3.05, 3.63) is 77.9 Å². The van der Waals surface area contributed by atoms with Crippen molar-refractivity contribution >= 4 is 29.3 Å². The van der Waals surface area contributed by atoms with Crippen molar-refractivity contribution < 1.29 is 19.2 Å². The van der Waals surface area contributed by atoms with Gasteiger partial charge in [-0.25, -0.2) is 0 Å². The molecule has 0 radical (unpaired) electrons. The predicted molar refractivity (Wildman–Crippen MR) is 144 cm³/mol. The Kier molecular flexibility index (Phi) is 9.59. The normalized spacial score (nSPS) is 17.9. The van der Waals surface area contributed by atoms with Crippen LogP contribution in [0.5, 0.6) is 0 Å². The van der Waals surface area contributed by atoms with Crippen LogP contribution in [0, 0.1) is 0 Å². The molecule has 1 aliphatic rings. The lowest BCUT2D eigenvalue weighted by molar-refractivity contribution is -0.123. The van der Waals surface area contributed by atoms with Crippen LogP contribution in [0.2, 0.25) is 0 Å². The van der Waals surface area contributed by atoms with Gasteiger partial charge in [0, 0.05) is 63.6 Å². The zero-order valence-electron chi connectivity index (χ0n) is 21.5. The number of aromatic nitrogens is 3. The molecule has 0 saturated carbocycles. The van der Waals surface area contributed by atoms with Crippen LogP contribution in [0.3, 0.4) is 0 Å². The van der Waals surface area contributed by atoms with E-state index in [2.05, 4.69) is 36.4 Å². The minimum Gasteiger partial charge on any atom is -0.383 e. The zero-order valence-corrected chi connectivity index (χ0v) is 21.5. The molecule has 39 heavy (non-hydrogen) atoms. The summed E-state index contributed by atoms with van der Waals surface area (Å²) in [5, 5.41) is 18.1. The smallest absolute Gasteiger partial charge is 0.270 e. The maximum atomic E-state index is 13.2. The number of anilines is 1. The largest absolute Gasteiger partial charge is 0.383 e. The highest BCUT2D eigenvalue weighted by molar-refractivity contribution is 5.97. The topological polar surface area (TPSA) is 161 Å². The summed E-state index contributed by atoms with van der Waals surface area (Å²) in [6, 6.07) is 11.9. The summed E-state index contributed by atoms with van der Waals surface area (Å²) in [6.45, 7) is 1.54. The van der Waals surface area contributed by atoms with Gasteiger partial charge in [0.05, 0.1) is 11.8 Å². The maximum Gasteiger partial charge on any atom is 0.270 e. The van der Waals surface area contributed by atoms with Gasteiger partial charge in [-0.15, -0.1) is 0 Å². The molecule has 4 rings (SSSR count). The van der Waals surface area contributed by atoms with Gasteiger partial charge in [0.25, 0.3) is 11.8 Å². The van der Waals surface area contributed by atoms with Gasteiger partial charge in [0.15, 0.2) is 0 Å². The zero-order chi connectivity index (χ0) is 27.5. The van der Waals surface area contributed by atoms with E-state index in [1.165, 1.54) is 18.6 Å². The van der Waals surface area contributed by atoms with Crippen LogP contribution in [0.25, 0.3) is 0 Å². The summed E-state index contributed by atoms with van der Waals surface area (Å²) >= 11 is 0. The molecule has 0 aliphatic carbocycles. The van der Waals surface area contributed by atoms with Crippen molar-refractivity contribution in [3.8, 4) is 0 Å². The van der Waals surface area contributed by atoms with Crippen LogP contribution in [0.4, 0.5) is 5.69 Å². The second kappa shape index (κ2) is 13.7. The Hall–Kier alpha value is -4.74. The first kappa shape index (κ1) is 27.3. The molecule has 204 valence electrons. The Morgan fingerprint density at radius 1 is 0.974 bits per heavy atom. The minimum absolute atomic E-state index is 0.128. The second-order valence-corrected chi connectivity index (χ2v) is 9.10. The number of nitrogens with one attached hydrogen (secondary N) is 5. The molecule has 1 atom stereocenters. The molecule has 2 bridgehead atoms. The van der Waals surface area contributed by atoms with Crippen molar-refractivity contribution in [2.45, 2.75) is 25.3 Å². The van der Waals surface area contributed by atoms with E-state index in [1.807, 2.05) is 30.3 Å². The number of carbonyl (C=O) groups is 4. The molecular formula is C27H32N8O4. The number of nitrogens with zero attached hydrogens (tertiary/aromatic N) is 3. The van der Waals surface area contributed by atoms with E-state index in [9.17, 15) is 19.2 Å². The second-order valence-electron chi connectivity index (χ2n) is 9.10. The highest BCUT2D eigenvalue weighted by Crippen LogP contribution is 2.10. The van der Waals surface area contributed by atoms with Crippen LogP contribution < -0.4 is 21.3 Å². The van der Waals surface area contributed by atoms with Crippen molar-refractivity contribution in [2.24, 2.45) is 0 Å². The summed E-state index contributed by atoms with van der Waals surface area (Å²) in [7, 11) is 0. The first-order chi connectivity index (χ1) is 19.0. The summed E-state index contributed by atoms with van der Waals surface area (Å²) in [5.41, 5.74) is 2.09. The van der Waals surface area contributed by atoms with E-state index in [-0.39, 0.29) is 49.3 Å². The van der Waals surface area contributed by atoms with E-state index >= 15 is 0 Å². The van der Waals surface area contributed by atoms with Gasteiger partial charge in [-0.3, -0.25) is 29.3 Å². The number of rotatable bonds is 3. The highest BCUT2D eigenvalue weighted by Gasteiger charge is 2.24. The van der Waals surface area contributed by atoms with Crippen molar-refractivity contribution in [2.75, 3.05) is 38.0 Å². The van der Waals surface area contributed by atoms with Crippen molar-refractivity contribution in [1.82, 2.24) is 36.0 Å². The first-order valence-electron chi connectivity index (χ1n) is 12.9. The number of benzene rings is 1. The summed E-state index contributed by atoms with van der Waals surface area (Å²) in [5.74, 6) is -1.25. The number of pyridine rings is 1. The molecule has 0 spiro atoms. The van der Waals surface area contributed by atoms with Crippen LogP contribution in [0.1, 0.15) is 39.3 Å². The Labute approximate surface area is 226 Å². The molecular weight excluding hydrogens is 500 g/mol. The van der Waals surface area contributed by atoms with Gasteiger partial charge < -0.3 is 26.2 Å². The lowest BCUT2D eigenvalue weighted by atomic mass is 10.0. The quantitative estimate of drug-likeness (QED) is 0.332. The lowest BCUT2D eigenvalue weighted by Gasteiger charge is -2.23. The van der Waals surface area contributed by atoms with E-state index in [4.69, 9.17) is 0 Å². The maximum absolute atomic E-state index is 13.2. The van der Waals surface area contributed by atoms with Gasteiger partial charge >= 0.3 is 0 Å². The Morgan fingerprint density at radius 2 is 1.79 bits per heavy atom. The van der Waals surface area contributed by atoms with Gasteiger partial charge in [-0.05, 0) is 24.1 Å². The third-order valence-electron chi connectivity index (χ3n) is 6.22. The summed E-state index contributed by atoms with van der Waals surface area (Å²) in [4.78, 5) is 57.4. The Bertz CT molecular complexity index is 1270. The molecule has 3 aromatic rings. The number of carbonyl (C=O) groups excluding carboxylic acids is 4. The van der Waals surface area contributed by atoms with Crippen molar-refractivity contribution in [1.29, 1.82) is 0 Å². The molecule has 0 unspecified atom stereocenters. The molecule has 12 nitrogen and oxygen atoms in total. The number of H-pyrrole nitrogens is 1. The van der Waals surface area contributed by atoms with Crippen LogP contribution in [0.15, 0.2) is 61.1 Å². The van der Waals surface area contributed by atoms with Crippen LogP contribution in [-0.2, 0) is 16.0 Å². The molecule has 0 fully saturated rings. The average Bonchev–Trinajstić information content (AvgIpc) is 3.49. The molecule has 4 amide bonds. The standard InChI is InChI=1S/C27H32N8O4/c36-24-7-4-13-35(27(39)20-17-32-33-18-20)14-12-31-25(37)23(15-19-5-2-1-3-6-19)34-26(38)22-16-21(8-9-29-22)28-10-11-30-24/h1-3,5-6,8-9,16-18,23,28H,4,7,10-15H2,(H,30,36)(H,31,37)(H,32,33)(H,34,38)/t23-/m0/s1. The SMILES string of the molecule is O=C1CCCN(C(=O)c2cn[nH]c2)CCNC(=O)[C@H](Cc2ccccc2)NC(=O)c2cc(ccn2)NCCN1. The summed E-state index contributed by atoms with van der Waals surface area (Å²) in [6.07, 6.45) is 5.43. The molecule has 5 N–H and O–H groups in total. The van der Waals surface area contributed by atoms with E-state index in [0.717, 1.165) is 5.56 Å². The number of aromatic amines is 1.